The molecule has 0 unspecified atom stereocenters. The number of hydrogen-bond donors (Lipinski definition) is 0. The van der Waals surface area contributed by atoms with Gasteiger partial charge in [0.2, 0.25) is 0 Å². The number of anilines is 1. The van der Waals surface area contributed by atoms with E-state index in [-0.39, 0.29) is 0 Å². The average Bonchev–Trinajstić information content (AvgIpc) is 2.99. The summed E-state index contributed by atoms with van der Waals surface area (Å²) in [6, 6.07) is 3.97. The van der Waals surface area contributed by atoms with Gasteiger partial charge in [-0.05, 0) is 43.5 Å². The number of hydrogen-bond acceptors (Lipinski definition) is 4. The van der Waals surface area contributed by atoms with Gasteiger partial charge in [-0.25, -0.2) is 4.98 Å². The molecule has 0 spiro atoms. The standard InChI is InChI=1S/C16H15BrClN5/c1-9-10(2)21-16-19-8-20-23(16)15(9)22-6-5-11-12(7-22)14(18)4-3-13(11)17/h3-4,8H,5-7H2,1-2H3. The lowest BCUT2D eigenvalue weighted by atomic mass is 9.99. The molecule has 1 aliphatic rings. The van der Waals surface area contributed by atoms with Gasteiger partial charge >= 0.3 is 0 Å². The Hall–Kier alpha value is -1.66. The molecule has 3 aromatic rings. The molecular formula is C16H15BrClN5. The minimum Gasteiger partial charge on any atom is -0.351 e. The van der Waals surface area contributed by atoms with Gasteiger partial charge < -0.3 is 4.90 Å². The summed E-state index contributed by atoms with van der Waals surface area (Å²) in [6.45, 7) is 5.75. The highest BCUT2D eigenvalue weighted by Crippen LogP contribution is 2.34. The fraction of sp³-hybridized carbons (Fsp3) is 0.312. The van der Waals surface area contributed by atoms with Crippen molar-refractivity contribution in [3.05, 3.63) is 50.3 Å². The van der Waals surface area contributed by atoms with Gasteiger partial charge in [0.15, 0.2) is 0 Å². The highest BCUT2D eigenvalue weighted by molar-refractivity contribution is 9.10. The van der Waals surface area contributed by atoms with Gasteiger partial charge in [-0.15, -0.1) is 0 Å². The van der Waals surface area contributed by atoms with E-state index in [2.05, 4.69) is 42.8 Å². The molecule has 0 atom stereocenters. The minimum absolute atomic E-state index is 0.634. The Labute approximate surface area is 147 Å². The zero-order valence-corrected chi connectivity index (χ0v) is 15.2. The monoisotopic (exact) mass is 391 g/mol. The molecule has 0 fully saturated rings. The molecule has 2 aromatic heterocycles. The van der Waals surface area contributed by atoms with Crippen LogP contribution in [0.5, 0.6) is 0 Å². The first-order chi connectivity index (χ1) is 11.1. The van der Waals surface area contributed by atoms with E-state index in [1.807, 2.05) is 23.6 Å². The Kier molecular flexibility index (Phi) is 3.54. The molecule has 3 heterocycles. The summed E-state index contributed by atoms with van der Waals surface area (Å²) in [6.07, 6.45) is 2.49. The summed E-state index contributed by atoms with van der Waals surface area (Å²) >= 11 is 10.1. The van der Waals surface area contributed by atoms with E-state index in [1.165, 1.54) is 11.1 Å². The molecule has 1 aromatic carbocycles. The molecule has 4 rings (SSSR count). The first kappa shape index (κ1) is 14.9. The molecule has 0 aliphatic carbocycles. The first-order valence-corrected chi connectivity index (χ1v) is 8.61. The van der Waals surface area contributed by atoms with Crippen molar-refractivity contribution in [2.45, 2.75) is 26.8 Å². The van der Waals surface area contributed by atoms with E-state index >= 15 is 0 Å². The molecule has 1 aliphatic heterocycles. The van der Waals surface area contributed by atoms with E-state index < -0.39 is 0 Å². The van der Waals surface area contributed by atoms with Gasteiger partial charge in [0.25, 0.3) is 5.78 Å². The van der Waals surface area contributed by atoms with Gasteiger partial charge in [0, 0.05) is 33.8 Å². The van der Waals surface area contributed by atoms with Crippen LogP contribution in [0, 0.1) is 13.8 Å². The maximum atomic E-state index is 6.44. The van der Waals surface area contributed by atoms with Crippen LogP contribution in [0.3, 0.4) is 0 Å². The Morgan fingerprint density at radius 1 is 1.22 bits per heavy atom. The molecule has 0 saturated carbocycles. The van der Waals surface area contributed by atoms with Crippen LogP contribution in [0.4, 0.5) is 5.82 Å². The Bertz CT molecular complexity index is 920. The van der Waals surface area contributed by atoms with Crippen molar-refractivity contribution in [3.8, 4) is 0 Å². The third-order valence-corrected chi connectivity index (χ3v) is 5.57. The van der Waals surface area contributed by atoms with Gasteiger partial charge in [0.05, 0.1) is 0 Å². The lowest BCUT2D eigenvalue weighted by Gasteiger charge is -2.33. The number of aryl methyl sites for hydroxylation is 1. The van der Waals surface area contributed by atoms with E-state index in [0.29, 0.717) is 5.78 Å². The zero-order valence-electron chi connectivity index (χ0n) is 12.8. The van der Waals surface area contributed by atoms with E-state index in [1.54, 1.807) is 6.33 Å². The normalized spacial score (nSPS) is 14.3. The number of aromatic nitrogens is 4. The molecule has 7 heteroatoms. The van der Waals surface area contributed by atoms with E-state index in [0.717, 1.165) is 46.1 Å². The molecule has 0 radical (unpaired) electrons. The SMILES string of the molecule is Cc1nc2ncnn2c(N2CCc3c(Br)ccc(Cl)c3C2)c1C. The van der Waals surface area contributed by atoms with E-state index in [9.17, 15) is 0 Å². The topological polar surface area (TPSA) is 46.3 Å². The predicted molar refractivity (Wildman–Crippen MR) is 94.2 cm³/mol. The number of benzene rings is 1. The van der Waals surface area contributed by atoms with Crippen LogP contribution < -0.4 is 4.90 Å². The molecule has 0 N–H and O–H groups in total. The molecule has 0 saturated heterocycles. The van der Waals surface area contributed by atoms with Crippen LogP contribution in [0.1, 0.15) is 22.4 Å². The number of rotatable bonds is 1. The van der Waals surface area contributed by atoms with Gasteiger partial charge in [-0.1, -0.05) is 27.5 Å². The van der Waals surface area contributed by atoms with Crippen molar-refractivity contribution >= 4 is 39.1 Å². The molecule has 0 amide bonds. The lowest BCUT2D eigenvalue weighted by Crippen LogP contribution is -2.33. The lowest BCUT2D eigenvalue weighted by molar-refractivity contribution is 0.695. The van der Waals surface area contributed by atoms with Gasteiger partial charge in [-0.2, -0.15) is 14.6 Å². The van der Waals surface area contributed by atoms with Crippen molar-refractivity contribution in [2.75, 3.05) is 11.4 Å². The van der Waals surface area contributed by atoms with Crippen LogP contribution in [0.15, 0.2) is 22.9 Å². The molecule has 0 bridgehead atoms. The smallest absolute Gasteiger partial charge is 0.254 e. The fourth-order valence-electron chi connectivity index (χ4n) is 3.16. The minimum atomic E-state index is 0.634. The van der Waals surface area contributed by atoms with Crippen LogP contribution in [0.2, 0.25) is 5.02 Å². The van der Waals surface area contributed by atoms with Crippen LogP contribution in [0.25, 0.3) is 5.78 Å². The number of nitrogens with zero attached hydrogens (tertiary/aromatic N) is 5. The highest BCUT2D eigenvalue weighted by atomic mass is 79.9. The number of fused-ring (bicyclic) bond motifs is 2. The Balaban J connectivity index is 1.86. The maximum absolute atomic E-state index is 6.44. The highest BCUT2D eigenvalue weighted by Gasteiger charge is 2.25. The third-order valence-electron chi connectivity index (χ3n) is 4.47. The summed E-state index contributed by atoms with van der Waals surface area (Å²) in [5.74, 6) is 1.68. The summed E-state index contributed by atoms with van der Waals surface area (Å²) in [5.41, 5.74) is 4.57. The summed E-state index contributed by atoms with van der Waals surface area (Å²) in [5, 5.41) is 5.16. The first-order valence-electron chi connectivity index (χ1n) is 7.44. The van der Waals surface area contributed by atoms with Crippen molar-refractivity contribution < 1.29 is 0 Å². The van der Waals surface area contributed by atoms with Crippen molar-refractivity contribution in [1.82, 2.24) is 19.6 Å². The Morgan fingerprint density at radius 3 is 2.87 bits per heavy atom. The van der Waals surface area contributed by atoms with Gasteiger partial charge in [0.1, 0.15) is 12.1 Å². The molecular weight excluding hydrogens is 378 g/mol. The summed E-state index contributed by atoms with van der Waals surface area (Å²) in [4.78, 5) is 11.0. The summed E-state index contributed by atoms with van der Waals surface area (Å²) in [7, 11) is 0. The number of halogens is 2. The molecule has 118 valence electrons. The van der Waals surface area contributed by atoms with Crippen LogP contribution in [-0.2, 0) is 13.0 Å². The largest absolute Gasteiger partial charge is 0.351 e. The second kappa shape index (κ2) is 5.46. The molecule has 23 heavy (non-hydrogen) atoms. The van der Waals surface area contributed by atoms with Gasteiger partial charge in [-0.3, -0.25) is 0 Å². The van der Waals surface area contributed by atoms with Crippen molar-refractivity contribution in [1.29, 1.82) is 0 Å². The van der Waals surface area contributed by atoms with Crippen molar-refractivity contribution in [2.24, 2.45) is 0 Å². The van der Waals surface area contributed by atoms with E-state index in [4.69, 9.17) is 11.6 Å². The fourth-order valence-corrected chi connectivity index (χ4v) is 3.97. The average molecular weight is 393 g/mol. The zero-order chi connectivity index (χ0) is 16.1. The second-order valence-corrected chi connectivity index (χ2v) is 7.04. The van der Waals surface area contributed by atoms with Crippen LogP contribution in [-0.4, -0.2) is 26.1 Å². The van der Waals surface area contributed by atoms with Crippen molar-refractivity contribution in [3.63, 3.8) is 0 Å². The second-order valence-electron chi connectivity index (χ2n) is 5.78. The predicted octanol–water partition coefficient (Wildman–Crippen LogP) is 3.72. The third kappa shape index (κ3) is 2.32. The summed E-state index contributed by atoms with van der Waals surface area (Å²) < 4.78 is 2.95. The Morgan fingerprint density at radius 2 is 2.04 bits per heavy atom. The quantitative estimate of drug-likeness (QED) is 0.633. The van der Waals surface area contributed by atoms with Crippen LogP contribution >= 0.6 is 27.5 Å². The maximum Gasteiger partial charge on any atom is 0.254 e. The molecule has 5 nitrogen and oxygen atoms in total.